The maximum absolute atomic E-state index is 13.3. The summed E-state index contributed by atoms with van der Waals surface area (Å²) in [6.07, 6.45) is 6.38. The number of ether oxygens (including phenoxy) is 3. The second kappa shape index (κ2) is 14.1. The fourth-order valence-electron chi connectivity index (χ4n) is 3.75. The molecule has 3 rings (SSSR count). The molecule has 0 unspecified atom stereocenters. The van der Waals surface area contributed by atoms with Gasteiger partial charge < -0.3 is 14.2 Å². The predicted octanol–water partition coefficient (Wildman–Crippen LogP) is 9.22. The molecule has 1 atom stereocenters. The highest BCUT2D eigenvalue weighted by molar-refractivity contribution is 7.98. The van der Waals surface area contributed by atoms with E-state index in [-0.39, 0.29) is 17.9 Å². The summed E-state index contributed by atoms with van der Waals surface area (Å²) >= 11 is 14.4. The Morgan fingerprint density at radius 2 is 1.92 bits per heavy atom. The van der Waals surface area contributed by atoms with Gasteiger partial charge in [-0.05, 0) is 85.9 Å². The van der Waals surface area contributed by atoms with Crippen LogP contribution in [0.3, 0.4) is 0 Å². The molecule has 0 radical (unpaired) electrons. The van der Waals surface area contributed by atoms with Gasteiger partial charge in [0.25, 0.3) is 0 Å². The smallest absolute Gasteiger partial charge is 0.387 e. The molecule has 2 aromatic carbocycles. The summed E-state index contributed by atoms with van der Waals surface area (Å²) in [5.41, 5.74) is 2.35. The zero-order valence-electron chi connectivity index (χ0n) is 21.4. The lowest BCUT2D eigenvalue weighted by atomic mass is 9.99. The van der Waals surface area contributed by atoms with E-state index in [1.165, 1.54) is 12.1 Å². The van der Waals surface area contributed by atoms with Gasteiger partial charge in [0.1, 0.15) is 6.10 Å². The van der Waals surface area contributed by atoms with Crippen LogP contribution in [-0.4, -0.2) is 25.4 Å². The fourth-order valence-corrected chi connectivity index (χ4v) is 4.74. The van der Waals surface area contributed by atoms with Crippen LogP contribution in [0.15, 0.2) is 75.7 Å². The first-order chi connectivity index (χ1) is 18.2. The van der Waals surface area contributed by atoms with E-state index >= 15 is 0 Å². The average molecular weight is 584 g/mol. The van der Waals surface area contributed by atoms with Gasteiger partial charge in [0.15, 0.2) is 11.5 Å². The minimum absolute atomic E-state index is 0.0934. The molecular weight excluding hydrogens is 553 g/mol. The zero-order valence-corrected chi connectivity index (χ0v) is 23.8. The monoisotopic (exact) mass is 582 g/mol. The molecule has 0 spiro atoms. The number of alkyl halides is 2. The van der Waals surface area contributed by atoms with Crippen LogP contribution in [0.5, 0.6) is 11.5 Å². The van der Waals surface area contributed by atoms with E-state index in [9.17, 15) is 13.6 Å². The summed E-state index contributed by atoms with van der Waals surface area (Å²) in [5, 5.41) is 0.677. The normalized spacial score (nSPS) is 15.1. The first-order valence-corrected chi connectivity index (χ1v) is 14.0. The van der Waals surface area contributed by atoms with Crippen LogP contribution in [0.2, 0.25) is 0 Å². The largest absolute Gasteiger partial charge is 0.489 e. The molecule has 2 aromatic rings. The molecular formula is C29H30Cl2F2O4S. The molecule has 1 saturated carbocycles. The Labute approximate surface area is 236 Å². The first kappa shape index (κ1) is 30.1. The lowest BCUT2D eigenvalue weighted by Crippen LogP contribution is -2.14. The number of halogens is 4. The van der Waals surface area contributed by atoms with Crippen molar-refractivity contribution in [2.45, 2.75) is 50.7 Å². The van der Waals surface area contributed by atoms with Crippen LogP contribution < -0.4 is 9.47 Å². The predicted molar refractivity (Wildman–Crippen MR) is 150 cm³/mol. The molecule has 1 fully saturated rings. The summed E-state index contributed by atoms with van der Waals surface area (Å²) < 4.78 is 42.6. The van der Waals surface area contributed by atoms with Crippen LogP contribution in [0.4, 0.5) is 8.78 Å². The average Bonchev–Trinajstić information content (AvgIpc) is 3.73. The van der Waals surface area contributed by atoms with Crippen molar-refractivity contribution in [3.63, 3.8) is 0 Å². The van der Waals surface area contributed by atoms with Gasteiger partial charge in [-0.15, -0.1) is 11.8 Å². The minimum atomic E-state index is -3.01. The van der Waals surface area contributed by atoms with E-state index in [4.69, 9.17) is 32.7 Å². The van der Waals surface area contributed by atoms with Crippen LogP contribution in [0.1, 0.15) is 53.8 Å². The second-order valence-electron chi connectivity index (χ2n) is 8.79. The van der Waals surface area contributed by atoms with Crippen LogP contribution in [0, 0.1) is 12.8 Å². The maximum Gasteiger partial charge on any atom is 0.387 e. The van der Waals surface area contributed by atoms with Gasteiger partial charge in [-0.25, -0.2) is 4.79 Å². The van der Waals surface area contributed by atoms with Gasteiger partial charge >= 0.3 is 12.6 Å². The number of hydrogen-bond donors (Lipinski definition) is 0. The Kier molecular flexibility index (Phi) is 11.1. The Hall–Kier alpha value is -2.48. The van der Waals surface area contributed by atoms with E-state index in [2.05, 4.69) is 11.3 Å². The third-order valence-electron chi connectivity index (χ3n) is 6.01. The molecule has 0 aliphatic heterocycles. The van der Waals surface area contributed by atoms with E-state index in [1.807, 2.05) is 19.2 Å². The van der Waals surface area contributed by atoms with Crippen molar-refractivity contribution in [2.24, 2.45) is 5.92 Å². The van der Waals surface area contributed by atoms with Crippen molar-refractivity contribution in [3.05, 3.63) is 87.5 Å². The number of hydrogen-bond acceptors (Lipinski definition) is 5. The Morgan fingerprint density at radius 1 is 1.18 bits per heavy atom. The highest BCUT2D eigenvalue weighted by atomic mass is 35.5. The fraction of sp³-hybridized carbons (Fsp3) is 0.345. The van der Waals surface area contributed by atoms with E-state index in [1.54, 1.807) is 49.0 Å². The maximum atomic E-state index is 13.3. The zero-order chi connectivity index (χ0) is 27.8. The molecule has 0 amide bonds. The van der Waals surface area contributed by atoms with Gasteiger partial charge in [-0.1, -0.05) is 48.0 Å². The lowest BCUT2D eigenvalue weighted by Gasteiger charge is -2.22. The van der Waals surface area contributed by atoms with Gasteiger partial charge in [0.05, 0.1) is 12.2 Å². The quantitative estimate of drug-likeness (QED) is 0.134. The number of benzene rings is 2. The summed E-state index contributed by atoms with van der Waals surface area (Å²) in [6, 6.07) is 9.84. The standard InChI is InChI=1S/C29H30Cl2F2O4S/c1-5-22(30)21(23(31)6-2)15-25(36-28(34)20-10-12-27(38-4)17(3)13-20)19-9-11-24(37-29(32)33)26(14-19)35-16-18-7-8-18/h5-6,9-14,18,25,29H,1,7-8,15-16H2,2-4H3/b22-21+,23-6+/t25-/m0/s1. The third kappa shape index (κ3) is 8.26. The van der Waals surface area contributed by atoms with Crippen LogP contribution in [0.25, 0.3) is 0 Å². The van der Waals surface area contributed by atoms with Crippen LogP contribution >= 0.6 is 35.0 Å². The second-order valence-corrected chi connectivity index (χ2v) is 10.5. The van der Waals surface area contributed by atoms with Crippen LogP contribution in [-0.2, 0) is 4.74 Å². The third-order valence-corrected chi connectivity index (χ3v) is 7.73. The number of aryl methyl sites for hydroxylation is 1. The Morgan fingerprint density at radius 3 is 2.50 bits per heavy atom. The topological polar surface area (TPSA) is 44.8 Å². The molecule has 1 aliphatic carbocycles. The van der Waals surface area contributed by atoms with Crippen molar-refractivity contribution >= 4 is 40.9 Å². The molecule has 38 heavy (non-hydrogen) atoms. The molecule has 0 heterocycles. The Balaban J connectivity index is 2.01. The van der Waals surface area contributed by atoms with Gasteiger partial charge in [0, 0.05) is 21.4 Å². The Bertz CT molecular complexity index is 1230. The van der Waals surface area contributed by atoms with Crippen molar-refractivity contribution in [1.82, 2.24) is 0 Å². The lowest BCUT2D eigenvalue weighted by molar-refractivity contribution is -0.0515. The molecule has 1 aliphatic rings. The van der Waals surface area contributed by atoms with E-state index in [0.29, 0.717) is 39.3 Å². The highest BCUT2D eigenvalue weighted by Gasteiger charge is 2.26. The molecule has 0 saturated heterocycles. The summed E-state index contributed by atoms with van der Waals surface area (Å²) in [5.74, 6) is -0.115. The molecule has 0 aromatic heterocycles. The van der Waals surface area contributed by atoms with Crippen molar-refractivity contribution in [2.75, 3.05) is 12.9 Å². The number of thioether (sulfide) groups is 1. The number of rotatable bonds is 13. The van der Waals surface area contributed by atoms with Gasteiger partial charge in [-0.2, -0.15) is 8.78 Å². The van der Waals surface area contributed by atoms with E-state index < -0.39 is 18.7 Å². The van der Waals surface area contributed by atoms with Crippen molar-refractivity contribution in [1.29, 1.82) is 0 Å². The summed E-state index contributed by atoms with van der Waals surface area (Å²) in [4.78, 5) is 14.3. The minimum Gasteiger partial charge on any atom is -0.489 e. The SMILES string of the molecule is C=C/C(Cl)=C(C[C@H](OC(=O)c1ccc(SC)c(C)c1)c1ccc(OC(F)F)c(OCC2CC2)c1)\C(Cl)=C/C. The van der Waals surface area contributed by atoms with E-state index in [0.717, 1.165) is 23.3 Å². The first-order valence-electron chi connectivity index (χ1n) is 12.1. The molecule has 0 N–H and O–H groups in total. The van der Waals surface area contributed by atoms with Gasteiger partial charge in [0.2, 0.25) is 0 Å². The summed E-state index contributed by atoms with van der Waals surface area (Å²) in [7, 11) is 0. The number of carbonyl (C=O) groups excluding carboxylic acids is 1. The molecule has 0 bridgehead atoms. The molecule has 9 heteroatoms. The highest BCUT2D eigenvalue weighted by Crippen LogP contribution is 2.39. The number of carbonyl (C=O) groups is 1. The number of allylic oxidation sites excluding steroid dienone is 4. The van der Waals surface area contributed by atoms with Gasteiger partial charge in [-0.3, -0.25) is 0 Å². The van der Waals surface area contributed by atoms with Crippen molar-refractivity contribution < 1.29 is 27.8 Å². The molecule has 204 valence electrons. The van der Waals surface area contributed by atoms with Crippen molar-refractivity contribution in [3.8, 4) is 11.5 Å². The molecule has 4 nitrogen and oxygen atoms in total. The number of esters is 1. The summed E-state index contributed by atoms with van der Waals surface area (Å²) in [6.45, 7) is 4.76.